The number of aryl methyl sites for hydroxylation is 1. The third-order valence-electron chi connectivity index (χ3n) is 6.44. The van der Waals surface area contributed by atoms with Gasteiger partial charge in [-0.25, -0.2) is 9.18 Å². The van der Waals surface area contributed by atoms with Crippen LogP contribution in [0.4, 0.5) is 9.18 Å². The molecule has 1 aromatic rings. The van der Waals surface area contributed by atoms with Gasteiger partial charge in [0.25, 0.3) is 0 Å². The molecule has 1 aromatic carbocycles. The highest BCUT2D eigenvalue weighted by atomic mass is 19.1. The quantitative estimate of drug-likeness (QED) is 0.858. The normalized spacial score (nSPS) is 28.5. The van der Waals surface area contributed by atoms with Gasteiger partial charge in [-0.2, -0.15) is 0 Å². The van der Waals surface area contributed by atoms with Gasteiger partial charge in [-0.1, -0.05) is 0 Å². The average molecular weight is 390 g/mol. The lowest BCUT2D eigenvalue weighted by atomic mass is 9.68. The Morgan fingerprint density at radius 1 is 1.36 bits per heavy atom. The van der Waals surface area contributed by atoms with Gasteiger partial charge in [0.2, 0.25) is 5.91 Å². The zero-order valence-electron chi connectivity index (χ0n) is 16.4. The van der Waals surface area contributed by atoms with Crippen LogP contribution in [0.25, 0.3) is 0 Å². The third kappa shape index (κ3) is 3.66. The van der Waals surface area contributed by atoms with Crippen LogP contribution in [-0.2, 0) is 9.53 Å². The molecular weight excluding hydrogens is 363 g/mol. The molecule has 7 heteroatoms. The first-order valence-corrected chi connectivity index (χ1v) is 10.0. The highest BCUT2D eigenvalue weighted by Crippen LogP contribution is 2.42. The predicted octanol–water partition coefficient (Wildman–Crippen LogP) is 3.03. The number of alkyl carbamates (subject to hydrolysis) is 1. The second kappa shape index (κ2) is 7.26. The summed E-state index contributed by atoms with van der Waals surface area (Å²) in [5, 5.41) is 2.84. The molecule has 4 rings (SSSR count). The van der Waals surface area contributed by atoms with Crippen LogP contribution < -0.4 is 10.1 Å². The molecule has 1 atom stereocenters. The van der Waals surface area contributed by atoms with Crippen LogP contribution in [0.2, 0.25) is 0 Å². The Bertz CT molecular complexity index is 770. The van der Waals surface area contributed by atoms with Crippen LogP contribution in [0.5, 0.6) is 5.75 Å². The molecule has 2 amide bonds. The van der Waals surface area contributed by atoms with E-state index < -0.39 is 0 Å². The molecule has 152 valence electrons. The van der Waals surface area contributed by atoms with Crippen molar-refractivity contribution in [2.45, 2.75) is 51.2 Å². The number of halogens is 1. The number of carbonyl (C=O) groups excluding carboxylic acids is 2. The number of hydrogen-bond acceptors (Lipinski definition) is 4. The van der Waals surface area contributed by atoms with Crippen molar-refractivity contribution < 1.29 is 23.5 Å². The van der Waals surface area contributed by atoms with Crippen molar-refractivity contribution in [1.29, 1.82) is 0 Å². The Balaban J connectivity index is 1.25. The number of benzene rings is 1. The molecule has 1 spiro atoms. The Hall–Kier alpha value is -2.31. The Labute approximate surface area is 164 Å². The molecule has 0 aromatic heterocycles. The lowest BCUT2D eigenvalue weighted by Gasteiger charge is -2.45. The molecule has 0 radical (unpaired) electrons. The van der Waals surface area contributed by atoms with Crippen LogP contribution in [0.15, 0.2) is 18.2 Å². The lowest BCUT2D eigenvalue weighted by molar-refractivity contribution is -0.143. The summed E-state index contributed by atoms with van der Waals surface area (Å²) in [5.41, 5.74) is 0.479. The van der Waals surface area contributed by atoms with Gasteiger partial charge in [0.15, 0.2) is 0 Å². The van der Waals surface area contributed by atoms with E-state index in [2.05, 4.69) is 5.32 Å². The minimum absolute atomic E-state index is 0.0132. The fraction of sp³-hybridized carbons (Fsp3) is 0.619. The van der Waals surface area contributed by atoms with Gasteiger partial charge in [-0.15, -0.1) is 0 Å². The standard InChI is InChI=1S/C21H27FN2O4/c1-13-9-17(22)3-4-18(13)28-14(2)15-5-7-24(8-6-15)19(25)16-10-21(11-16)12-27-20(26)23-21/h3-4,9,14-16H,5-8,10-12H2,1-2H3,(H,23,26)/t14?,16-,21+. The maximum atomic E-state index is 13.3. The van der Waals surface area contributed by atoms with Crippen molar-refractivity contribution in [3.8, 4) is 5.75 Å². The molecule has 1 N–H and O–H groups in total. The number of carbonyl (C=O) groups is 2. The summed E-state index contributed by atoms with van der Waals surface area (Å²) in [6.45, 7) is 5.71. The van der Waals surface area contributed by atoms with Crippen LogP contribution >= 0.6 is 0 Å². The number of likely N-dealkylation sites (tertiary alicyclic amines) is 1. The average Bonchev–Trinajstić information content (AvgIpc) is 3.04. The van der Waals surface area contributed by atoms with Crippen molar-refractivity contribution in [2.75, 3.05) is 19.7 Å². The molecule has 6 nitrogen and oxygen atoms in total. The summed E-state index contributed by atoms with van der Waals surface area (Å²) in [4.78, 5) is 25.9. The van der Waals surface area contributed by atoms with E-state index in [0.29, 0.717) is 31.1 Å². The topological polar surface area (TPSA) is 67.9 Å². The van der Waals surface area contributed by atoms with Crippen LogP contribution in [0.3, 0.4) is 0 Å². The second-order valence-corrected chi connectivity index (χ2v) is 8.48. The molecule has 0 bridgehead atoms. The van der Waals surface area contributed by atoms with Gasteiger partial charge in [0.05, 0.1) is 11.6 Å². The number of piperidine rings is 1. The summed E-state index contributed by atoms with van der Waals surface area (Å²) < 4.78 is 24.3. The summed E-state index contributed by atoms with van der Waals surface area (Å²) >= 11 is 0. The fourth-order valence-electron chi connectivity index (χ4n) is 4.66. The summed E-state index contributed by atoms with van der Waals surface area (Å²) in [6, 6.07) is 4.57. The first-order chi connectivity index (χ1) is 13.3. The first-order valence-electron chi connectivity index (χ1n) is 10.0. The van der Waals surface area contributed by atoms with E-state index in [1.807, 2.05) is 18.7 Å². The molecular formula is C21H27FN2O4. The van der Waals surface area contributed by atoms with E-state index in [1.165, 1.54) is 12.1 Å². The number of amides is 2. The smallest absolute Gasteiger partial charge is 0.407 e. The maximum absolute atomic E-state index is 13.3. The molecule has 2 saturated heterocycles. The first kappa shape index (κ1) is 19.0. The Kier molecular flexibility index (Phi) is 4.93. The van der Waals surface area contributed by atoms with Crippen LogP contribution in [0, 0.1) is 24.6 Å². The molecule has 2 heterocycles. The molecule has 1 aliphatic carbocycles. The molecule has 28 heavy (non-hydrogen) atoms. The Morgan fingerprint density at radius 2 is 2.07 bits per heavy atom. The van der Waals surface area contributed by atoms with Crippen molar-refractivity contribution >= 4 is 12.0 Å². The SMILES string of the molecule is Cc1cc(F)ccc1OC(C)C1CCN(C(=O)[C@H]2C[C@]3(COC(=O)N3)C2)CC1. The van der Waals surface area contributed by atoms with Crippen molar-refractivity contribution in [3.63, 3.8) is 0 Å². The van der Waals surface area contributed by atoms with Crippen LogP contribution in [0.1, 0.15) is 38.2 Å². The van der Waals surface area contributed by atoms with Crippen LogP contribution in [-0.4, -0.2) is 48.2 Å². The number of nitrogens with one attached hydrogen (secondary N) is 1. The second-order valence-electron chi connectivity index (χ2n) is 8.48. The number of ether oxygens (including phenoxy) is 2. The minimum Gasteiger partial charge on any atom is -0.490 e. The number of rotatable bonds is 4. The van der Waals surface area contributed by atoms with E-state index in [9.17, 15) is 14.0 Å². The molecule has 3 fully saturated rings. The highest BCUT2D eigenvalue weighted by molar-refractivity contribution is 5.81. The number of cyclic esters (lactones) is 1. The van der Waals surface area contributed by atoms with Gasteiger partial charge in [0.1, 0.15) is 18.2 Å². The highest BCUT2D eigenvalue weighted by Gasteiger charge is 2.53. The zero-order chi connectivity index (χ0) is 19.9. The number of nitrogens with zero attached hydrogens (tertiary/aromatic N) is 1. The molecule has 1 unspecified atom stereocenters. The summed E-state index contributed by atoms with van der Waals surface area (Å²) in [7, 11) is 0. The van der Waals surface area contributed by atoms with Gasteiger partial charge in [-0.05, 0) is 69.2 Å². The van der Waals surface area contributed by atoms with Gasteiger partial charge in [0, 0.05) is 19.0 Å². The largest absolute Gasteiger partial charge is 0.490 e. The Morgan fingerprint density at radius 3 is 2.68 bits per heavy atom. The van der Waals surface area contributed by atoms with E-state index in [1.54, 1.807) is 6.07 Å². The minimum atomic E-state index is -0.378. The monoisotopic (exact) mass is 390 g/mol. The van der Waals surface area contributed by atoms with Gasteiger partial charge >= 0.3 is 6.09 Å². The predicted molar refractivity (Wildman–Crippen MR) is 100 cm³/mol. The van der Waals surface area contributed by atoms with Gasteiger partial charge < -0.3 is 19.7 Å². The summed E-state index contributed by atoms with van der Waals surface area (Å²) in [6.07, 6.45) is 2.76. The van der Waals surface area contributed by atoms with Gasteiger partial charge in [-0.3, -0.25) is 4.79 Å². The third-order valence-corrected chi connectivity index (χ3v) is 6.44. The zero-order valence-corrected chi connectivity index (χ0v) is 16.4. The molecule has 3 aliphatic rings. The summed E-state index contributed by atoms with van der Waals surface area (Å²) in [5.74, 6) is 0.991. The molecule has 1 saturated carbocycles. The van der Waals surface area contributed by atoms with E-state index in [4.69, 9.17) is 9.47 Å². The van der Waals surface area contributed by atoms with E-state index in [-0.39, 0.29) is 35.4 Å². The van der Waals surface area contributed by atoms with E-state index in [0.717, 1.165) is 31.5 Å². The van der Waals surface area contributed by atoms with E-state index >= 15 is 0 Å². The molecule has 2 aliphatic heterocycles. The van der Waals surface area contributed by atoms with Crippen molar-refractivity contribution in [2.24, 2.45) is 11.8 Å². The fourth-order valence-corrected chi connectivity index (χ4v) is 4.66. The lowest BCUT2D eigenvalue weighted by Crippen LogP contribution is -2.58. The van der Waals surface area contributed by atoms with Crippen molar-refractivity contribution in [3.05, 3.63) is 29.6 Å². The number of hydrogen-bond donors (Lipinski definition) is 1. The van der Waals surface area contributed by atoms with Crippen molar-refractivity contribution in [1.82, 2.24) is 10.2 Å². The maximum Gasteiger partial charge on any atom is 0.407 e.